The molecule has 0 bridgehead atoms. The zero-order valence-corrected chi connectivity index (χ0v) is 17.3. The van der Waals surface area contributed by atoms with Crippen molar-refractivity contribution in [2.45, 2.75) is 33.1 Å². The first-order chi connectivity index (χ1) is 14.5. The predicted molar refractivity (Wildman–Crippen MR) is 116 cm³/mol. The van der Waals surface area contributed by atoms with Crippen LogP contribution in [-0.4, -0.2) is 28.8 Å². The number of amides is 1. The summed E-state index contributed by atoms with van der Waals surface area (Å²) in [6, 6.07) is 13.7. The van der Waals surface area contributed by atoms with Crippen molar-refractivity contribution in [3.05, 3.63) is 59.2 Å². The van der Waals surface area contributed by atoms with Gasteiger partial charge in [0, 0.05) is 23.6 Å². The summed E-state index contributed by atoms with van der Waals surface area (Å²) in [5, 5.41) is 2.72. The van der Waals surface area contributed by atoms with Crippen LogP contribution in [0.5, 0.6) is 5.75 Å². The van der Waals surface area contributed by atoms with E-state index in [-0.39, 0.29) is 17.6 Å². The molecule has 0 radical (unpaired) electrons. The molecular formula is C24H23N3O3. The lowest BCUT2D eigenvalue weighted by Gasteiger charge is -2.16. The molecule has 1 amide bonds. The van der Waals surface area contributed by atoms with Crippen LogP contribution in [-0.2, 0) is 17.6 Å². The lowest BCUT2D eigenvalue weighted by Crippen LogP contribution is -2.12. The number of carbonyl (C=O) groups excluding carboxylic acids is 2. The van der Waals surface area contributed by atoms with Gasteiger partial charge >= 0.3 is 0 Å². The number of nitrogens with one attached hydrogen (secondary N) is 1. The summed E-state index contributed by atoms with van der Waals surface area (Å²) in [4.78, 5) is 33.2. The molecule has 4 rings (SSSR count). The van der Waals surface area contributed by atoms with Crippen molar-refractivity contribution in [1.29, 1.82) is 0 Å². The van der Waals surface area contributed by atoms with Gasteiger partial charge in [-0.25, -0.2) is 9.97 Å². The van der Waals surface area contributed by atoms with Crippen LogP contribution in [0.2, 0.25) is 0 Å². The third-order valence-corrected chi connectivity index (χ3v) is 5.29. The highest BCUT2D eigenvalue weighted by Gasteiger charge is 2.23. The second-order valence-electron chi connectivity index (χ2n) is 7.39. The van der Waals surface area contributed by atoms with Gasteiger partial charge in [0.1, 0.15) is 5.75 Å². The number of ketones is 1. The van der Waals surface area contributed by atoms with Crippen LogP contribution in [0.4, 0.5) is 5.95 Å². The molecular weight excluding hydrogens is 378 g/mol. The van der Waals surface area contributed by atoms with Gasteiger partial charge in [-0.1, -0.05) is 24.3 Å². The number of methoxy groups -OCH3 is 1. The van der Waals surface area contributed by atoms with Crippen LogP contribution in [0.1, 0.15) is 41.8 Å². The first-order valence-corrected chi connectivity index (χ1v) is 9.94. The maximum atomic E-state index is 12.2. The van der Waals surface area contributed by atoms with Crippen molar-refractivity contribution in [3.8, 4) is 28.3 Å². The Bertz CT molecular complexity index is 1150. The summed E-state index contributed by atoms with van der Waals surface area (Å²) in [6.45, 7) is 2.95. The molecule has 6 nitrogen and oxygen atoms in total. The van der Waals surface area contributed by atoms with E-state index in [0.29, 0.717) is 11.3 Å². The van der Waals surface area contributed by atoms with Gasteiger partial charge in [0.15, 0.2) is 5.78 Å². The summed E-state index contributed by atoms with van der Waals surface area (Å²) in [7, 11) is 1.55. The lowest BCUT2D eigenvalue weighted by molar-refractivity contribution is -0.114. The van der Waals surface area contributed by atoms with Gasteiger partial charge in [-0.3, -0.25) is 14.9 Å². The molecule has 0 saturated heterocycles. The van der Waals surface area contributed by atoms with E-state index >= 15 is 0 Å². The van der Waals surface area contributed by atoms with Crippen molar-refractivity contribution < 1.29 is 14.3 Å². The Morgan fingerprint density at radius 1 is 1.00 bits per heavy atom. The molecule has 2 aromatic carbocycles. The molecule has 1 N–H and O–H groups in total. The highest BCUT2D eigenvalue weighted by Crippen LogP contribution is 2.37. The Kier molecular flexibility index (Phi) is 5.31. The van der Waals surface area contributed by atoms with E-state index in [1.807, 2.05) is 18.2 Å². The molecule has 0 unspecified atom stereocenters. The quantitative estimate of drug-likeness (QED) is 0.653. The molecule has 152 valence electrons. The molecule has 1 heterocycles. The Labute approximate surface area is 175 Å². The molecule has 1 aliphatic rings. The average molecular weight is 401 g/mol. The van der Waals surface area contributed by atoms with Crippen molar-refractivity contribution in [3.63, 3.8) is 0 Å². The number of aromatic nitrogens is 2. The Morgan fingerprint density at radius 3 is 2.50 bits per heavy atom. The van der Waals surface area contributed by atoms with Gasteiger partial charge in [-0.15, -0.1) is 0 Å². The van der Waals surface area contributed by atoms with Gasteiger partial charge in [-0.2, -0.15) is 0 Å². The number of nitrogens with zero attached hydrogens (tertiary/aromatic N) is 2. The summed E-state index contributed by atoms with van der Waals surface area (Å²) in [5.41, 5.74) is 6.16. The fourth-order valence-corrected chi connectivity index (χ4v) is 3.95. The van der Waals surface area contributed by atoms with Crippen LogP contribution in [0.25, 0.3) is 22.5 Å². The van der Waals surface area contributed by atoms with Crippen molar-refractivity contribution in [2.24, 2.45) is 0 Å². The number of Topliss-reactive ketones (excluding diaryl/α,β-unsaturated/α-hetero) is 1. The highest BCUT2D eigenvalue weighted by molar-refractivity contribution is 5.98. The molecule has 6 heteroatoms. The summed E-state index contributed by atoms with van der Waals surface area (Å²) >= 11 is 0. The Hall–Kier alpha value is -3.54. The standard InChI is InChI=1S/C24H23N3O3/c1-14(28)20-13-17(11-12-21(20)30-3)22-19-10-6-8-16-7-4-5-9-18(16)23(19)27-24(26-22)25-15(2)29/h4-5,7,9,11-13H,6,8,10H2,1-3H3,(H,25,26,27,29). The van der Waals surface area contributed by atoms with Gasteiger partial charge in [-0.05, 0) is 49.9 Å². The molecule has 0 fully saturated rings. The van der Waals surface area contributed by atoms with Crippen LogP contribution < -0.4 is 10.1 Å². The van der Waals surface area contributed by atoms with Gasteiger partial charge < -0.3 is 4.74 Å². The van der Waals surface area contributed by atoms with Crippen LogP contribution in [0, 0.1) is 0 Å². The second kappa shape index (κ2) is 8.06. The van der Waals surface area contributed by atoms with E-state index in [4.69, 9.17) is 9.72 Å². The molecule has 0 atom stereocenters. The minimum absolute atomic E-state index is 0.0822. The van der Waals surface area contributed by atoms with Crippen LogP contribution in [0.3, 0.4) is 0 Å². The third kappa shape index (κ3) is 3.68. The first kappa shape index (κ1) is 19.8. The molecule has 0 saturated carbocycles. The topological polar surface area (TPSA) is 81.2 Å². The second-order valence-corrected chi connectivity index (χ2v) is 7.39. The number of aryl methyl sites for hydroxylation is 1. The fraction of sp³-hybridized carbons (Fsp3) is 0.250. The van der Waals surface area contributed by atoms with E-state index in [0.717, 1.165) is 47.3 Å². The fourth-order valence-electron chi connectivity index (χ4n) is 3.95. The maximum Gasteiger partial charge on any atom is 0.230 e. The number of rotatable bonds is 4. The number of anilines is 1. The third-order valence-electron chi connectivity index (χ3n) is 5.29. The van der Waals surface area contributed by atoms with Crippen molar-refractivity contribution >= 4 is 17.6 Å². The summed E-state index contributed by atoms with van der Waals surface area (Å²) in [5.74, 6) is 0.468. The Balaban J connectivity index is 1.98. The Morgan fingerprint density at radius 2 is 1.77 bits per heavy atom. The number of benzene rings is 2. The van der Waals surface area contributed by atoms with E-state index < -0.39 is 0 Å². The normalized spacial score (nSPS) is 12.4. The van der Waals surface area contributed by atoms with Crippen molar-refractivity contribution in [1.82, 2.24) is 9.97 Å². The van der Waals surface area contributed by atoms with E-state index in [1.54, 1.807) is 19.2 Å². The van der Waals surface area contributed by atoms with Crippen LogP contribution >= 0.6 is 0 Å². The molecule has 0 spiro atoms. The van der Waals surface area contributed by atoms with E-state index in [9.17, 15) is 9.59 Å². The molecule has 3 aromatic rings. The molecule has 1 aliphatic carbocycles. The zero-order valence-electron chi connectivity index (χ0n) is 17.3. The minimum atomic E-state index is -0.234. The van der Waals surface area contributed by atoms with Crippen LogP contribution in [0.15, 0.2) is 42.5 Å². The van der Waals surface area contributed by atoms with Gasteiger partial charge in [0.25, 0.3) is 0 Å². The molecule has 30 heavy (non-hydrogen) atoms. The monoisotopic (exact) mass is 401 g/mol. The highest BCUT2D eigenvalue weighted by atomic mass is 16.5. The van der Waals surface area contributed by atoms with Crippen molar-refractivity contribution in [2.75, 3.05) is 12.4 Å². The number of hydrogen-bond donors (Lipinski definition) is 1. The summed E-state index contributed by atoms with van der Waals surface area (Å²) in [6.07, 6.45) is 2.72. The van der Waals surface area contributed by atoms with E-state index in [1.165, 1.54) is 19.4 Å². The first-order valence-electron chi connectivity index (χ1n) is 9.94. The summed E-state index contributed by atoms with van der Waals surface area (Å²) < 4.78 is 5.34. The number of fused-ring (bicyclic) bond motifs is 3. The van der Waals surface area contributed by atoms with E-state index in [2.05, 4.69) is 22.4 Å². The van der Waals surface area contributed by atoms with Gasteiger partial charge in [0.05, 0.1) is 24.1 Å². The smallest absolute Gasteiger partial charge is 0.230 e. The number of ether oxygens (including phenoxy) is 1. The largest absolute Gasteiger partial charge is 0.496 e. The minimum Gasteiger partial charge on any atom is -0.496 e. The maximum absolute atomic E-state index is 12.2. The molecule has 1 aromatic heterocycles. The average Bonchev–Trinajstić information content (AvgIpc) is 2.92. The predicted octanol–water partition coefficient (Wildman–Crippen LogP) is 4.47. The lowest BCUT2D eigenvalue weighted by atomic mass is 9.96. The zero-order chi connectivity index (χ0) is 21.3. The van der Waals surface area contributed by atoms with Gasteiger partial charge in [0.2, 0.25) is 11.9 Å². The number of carbonyl (C=O) groups is 2. The SMILES string of the molecule is COc1ccc(-c2nc(NC(C)=O)nc3c2CCCc2ccccc2-3)cc1C(C)=O. The molecule has 0 aliphatic heterocycles. The number of hydrogen-bond acceptors (Lipinski definition) is 5.